The van der Waals surface area contributed by atoms with E-state index in [0.29, 0.717) is 17.1 Å². The van der Waals surface area contributed by atoms with Crippen molar-refractivity contribution in [2.24, 2.45) is 14.1 Å². The standard InChI is InChI=1S/C12H16N6O3/c1-6-9(7(2)16(4)14-6)13-12(19)10-11(18(20)21)8(3)17(5)15-10/h1-5H3,(H,13,19). The highest BCUT2D eigenvalue weighted by atomic mass is 16.6. The van der Waals surface area contributed by atoms with E-state index in [9.17, 15) is 14.9 Å². The summed E-state index contributed by atoms with van der Waals surface area (Å²) in [7, 11) is 3.31. The normalized spacial score (nSPS) is 10.7. The molecule has 9 nitrogen and oxygen atoms in total. The number of hydrogen-bond acceptors (Lipinski definition) is 5. The predicted octanol–water partition coefficient (Wildman–Crippen LogP) is 1.24. The molecule has 21 heavy (non-hydrogen) atoms. The number of nitro groups is 1. The average Bonchev–Trinajstić information content (AvgIpc) is 2.82. The summed E-state index contributed by atoms with van der Waals surface area (Å²) in [6.07, 6.45) is 0. The fourth-order valence-corrected chi connectivity index (χ4v) is 2.10. The third kappa shape index (κ3) is 2.37. The molecule has 0 aliphatic carbocycles. The number of nitrogens with one attached hydrogen (secondary N) is 1. The van der Waals surface area contributed by atoms with Crippen LogP contribution in [-0.4, -0.2) is 30.4 Å². The van der Waals surface area contributed by atoms with Gasteiger partial charge in [0.1, 0.15) is 5.69 Å². The highest BCUT2D eigenvalue weighted by Gasteiger charge is 2.29. The van der Waals surface area contributed by atoms with Crippen molar-refractivity contribution in [2.75, 3.05) is 5.32 Å². The number of carbonyl (C=O) groups is 1. The van der Waals surface area contributed by atoms with Gasteiger partial charge in [0.25, 0.3) is 5.91 Å². The SMILES string of the molecule is Cc1nn(C)c(C)c1NC(=O)c1nn(C)c(C)c1[N+](=O)[O-]. The van der Waals surface area contributed by atoms with Crippen molar-refractivity contribution in [1.82, 2.24) is 19.6 Å². The Labute approximate surface area is 120 Å². The maximum atomic E-state index is 12.3. The van der Waals surface area contributed by atoms with Crippen LogP contribution in [-0.2, 0) is 14.1 Å². The van der Waals surface area contributed by atoms with Gasteiger partial charge in [-0.15, -0.1) is 0 Å². The van der Waals surface area contributed by atoms with E-state index >= 15 is 0 Å². The van der Waals surface area contributed by atoms with Crippen molar-refractivity contribution in [3.8, 4) is 0 Å². The molecule has 0 saturated heterocycles. The first-order valence-corrected chi connectivity index (χ1v) is 6.23. The quantitative estimate of drug-likeness (QED) is 0.676. The molecule has 112 valence electrons. The summed E-state index contributed by atoms with van der Waals surface area (Å²) in [5.74, 6) is -0.621. The minimum atomic E-state index is -0.621. The Kier molecular flexibility index (Phi) is 3.50. The van der Waals surface area contributed by atoms with Crippen molar-refractivity contribution in [1.29, 1.82) is 0 Å². The molecule has 0 spiro atoms. The molecule has 0 fully saturated rings. The molecule has 2 aromatic rings. The first kappa shape index (κ1) is 14.7. The smallest absolute Gasteiger partial charge is 0.317 e. The number of amides is 1. The molecule has 9 heteroatoms. The van der Waals surface area contributed by atoms with Gasteiger partial charge in [-0.3, -0.25) is 24.3 Å². The van der Waals surface area contributed by atoms with Gasteiger partial charge in [0.15, 0.2) is 0 Å². The highest BCUT2D eigenvalue weighted by molar-refractivity contribution is 6.06. The number of carbonyl (C=O) groups excluding carboxylic acids is 1. The van der Waals surface area contributed by atoms with Crippen molar-refractivity contribution in [3.63, 3.8) is 0 Å². The molecular formula is C12H16N6O3. The third-order valence-electron chi connectivity index (χ3n) is 3.45. The van der Waals surface area contributed by atoms with Gasteiger partial charge < -0.3 is 5.32 Å². The van der Waals surface area contributed by atoms with E-state index in [1.807, 2.05) is 0 Å². The van der Waals surface area contributed by atoms with Gasteiger partial charge >= 0.3 is 5.69 Å². The summed E-state index contributed by atoms with van der Waals surface area (Å²) >= 11 is 0. The average molecular weight is 292 g/mol. The van der Waals surface area contributed by atoms with E-state index in [1.165, 1.54) is 4.68 Å². The minimum Gasteiger partial charge on any atom is -0.317 e. The Hall–Kier alpha value is -2.71. The van der Waals surface area contributed by atoms with Crippen LogP contribution in [0.5, 0.6) is 0 Å². The monoisotopic (exact) mass is 292 g/mol. The lowest BCUT2D eigenvalue weighted by atomic mass is 10.2. The second-order valence-corrected chi connectivity index (χ2v) is 4.79. The third-order valence-corrected chi connectivity index (χ3v) is 3.45. The minimum absolute atomic E-state index is 0.206. The first-order valence-electron chi connectivity index (χ1n) is 6.23. The predicted molar refractivity (Wildman–Crippen MR) is 75.2 cm³/mol. The molecule has 0 saturated carbocycles. The van der Waals surface area contributed by atoms with E-state index in [1.54, 1.807) is 39.5 Å². The summed E-state index contributed by atoms with van der Waals surface area (Å²) in [5, 5.41) is 21.9. The van der Waals surface area contributed by atoms with E-state index < -0.39 is 10.8 Å². The van der Waals surface area contributed by atoms with E-state index in [-0.39, 0.29) is 11.4 Å². The number of nitrogens with zero attached hydrogens (tertiary/aromatic N) is 5. The number of anilines is 1. The van der Waals surface area contributed by atoms with Gasteiger partial charge in [-0.25, -0.2) is 0 Å². The van der Waals surface area contributed by atoms with Crippen LogP contribution < -0.4 is 5.32 Å². The largest absolute Gasteiger partial charge is 0.322 e. The molecular weight excluding hydrogens is 276 g/mol. The zero-order valence-electron chi connectivity index (χ0n) is 12.5. The Morgan fingerprint density at radius 1 is 1.14 bits per heavy atom. The Morgan fingerprint density at radius 2 is 1.71 bits per heavy atom. The molecule has 0 aromatic carbocycles. The Bertz CT molecular complexity index is 743. The van der Waals surface area contributed by atoms with Crippen LogP contribution >= 0.6 is 0 Å². The van der Waals surface area contributed by atoms with Gasteiger partial charge in [-0.1, -0.05) is 0 Å². The van der Waals surface area contributed by atoms with Gasteiger partial charge in [-0.05, 0) is 20.8 Å². The summed E-state index contributed by atoms with van der Waals surface area (Å²) in [6, 6.07) is 0. The summed E-state index contributed by atoms with van der Waals surface area (Å²) in [4.78, 5) is 22.8. The van der Waals surface area contributed by atoms with E-state index in [4.69, 9.17) is 0 Å². The second-order valence-electron chi connectivity index (χ2n) is 4.79. The van der Waals surface area contributed by atoms with Gasteiger partial charge in [0, 0.05) is 14.1 Å². The molecule has 0 unspecified atom stereocenters. The molecule has 1 amide bonds. The van der Waals surface area contributed by atoms with Crippen LogP contribution in [0.15, 0.2) is 0 Å². The maximum Gasteiger partial charge on any atom is 0.322 e. The molecule has 0 aliphatic heterocycles. The van der Waals surface area contributed by atoms with Crippen LogP contribution in [0.25, 0.3) is 0 Å². The lowest BCUT2D eigenvalue weighted by molar-refractivity contribution is -0.385. The molecule has 2 heterocycles. The topological polar surface area (TPSA) is 108 Å². The molecule has 2 aromatic heterocycles. The van der Waals surface area contributed by atoms with E-state index in [2.05, 4.69) is 15.5 Å². The number of rotatable bonds is 3. The second kappa shape index (κ2) is 5.00. The van der Waals surface area contributed by atoms with Crippen LogP contribution in [0.3, 0.4) is 0 Å². The molecule has 0 bridgehead atoms. The van der Waals surface area contributed by atoms with Gasteiger partial charge in [0.05, 0.1) is 22.0 Å². The zero-order valence-corrected chi connectivity index (χ0v) is 12.5. The van der Waals surface area contributed by atoms with Crippen LogP contribution in [0.1, 0.15) is 27.6 Å². The van der Waals surface area contributed by atoms with Crippen molar-refractivity contribution >= 4 is 17.3 Å². The maximum absolute atomic E-state index is 12.3. The van der Waals surface area contributed by atoms with Crippen LogP contribution in [0.4, 0.5) is 11.4 Å². The Morgan fingerprint density at radius 3 is 2.19 bits per heavy atom. The van der Waals surface area contributed by atoms with E-state index in [0.717, 1.165) is 5.69 Å². The molecule has 0 aliphatic rings. The Balaban J connectivity index is 2.42. The molecule has 0 atom stereocenters. The van der Waals surface area contributed by atoms with Gasteiger partial charge in [0.2, 0.25) is 5.69 Å². The first-order chi connectivity index (χ1) is 9.73. The zero-order chi connectivity index (χ0) is 15.9. The fourth-order valence-electron chi connectivity index (χ4n) is 2.10. The highest BCUT2D eigenvalue weighted by Crippen LogP contribution is 2.25. The molecule has 0 radical (unpaired) electrons. The summed E-state index contributed by atoms with van der Waals surface area (Å²) in [6.45, 7) is 5.09. The van der Waals surface area contributed by atoms with Crippen molar-refractivity contribution < 1.29 is 9.72 Å². The van der Waals surface area contributed by atoms with Crippen LogP contribution in [0, 0.1) is 30.9 Å². The van der Waals surface area contributed by atoms with Crippen LogP contribution in [0.2, 0.25) is 0 Å². The van der Waals surface area contributed by atoms with Gasteiger partial charge in [-0.2, -0.15) is 10.2 Å². The number of hydrogen-bond donors (Lipinski definition) is 1. The fraction of sp³-hybridized carbons (Fsp3) is 0.417. The number of aromatic nitrogens is 4. The molecule has 2 rings (SSSR count). The number of aryl methyl sites for hydroxylation is 3. The lowest BCUT2D eigenvalue weighted by Gasteiger charge is -2.03. The summed E-state index contributed by atoms with van der Waals surface area (Å²) in [5.41, 5.74) is 1.77. The van der Waals surface area contributed by atoms with Crippen molar-refractivity contribution in [2.45, 2.75) is 20.8 Å². The molecule has 1 N–H and O–H groups in total. The summed E-state index contributed by atoms with van der Waals surface area (Å²) < 4.78 is 2.94. The van der Waals surface area contributed by atoms with Crippen molar-refractivity contribution in [3.05, 3.63) is 32.9 Å². The lowest BCUT2D eigenvalue weighted by Crippen LogP contribution is -2.15.